The third kappa shape index (κ3) is 2.06. The molecule has 2 heterocycles. The maximum absolute atomic E-state index is 6.00. The molecule has 21 heavy (non-hydrogen) atoms. The Hall–Kier alpha value is -2.08. The number of methoxy groups -OCH3 is 1. The van der Waals surface area contributed by atoms with Crippen molar-refractivity contribution in [2.75, 3.05) is 12.8 Å². The monoisotopic (exact) mass is 346 g/mol. The molecule has 0 spiro atoms. The number of nitrogens with zero attached hydrogens (tertiary/aromatic N) is 3. The van der Waals surface area contributed by atoms with Gasteiger partial charge in [0.25, 0.3) is 0 Å². The zero-order valence-corrected chi connectivity index (χ0v) is 13.6. The number of aromatic nitrogens is 3. The summed E-state index contributed by atoms with van der Waals surface area (Å²) in [6.45, 7) is 4.08. The van der Waals surface area contributed by atoms with Crippen LogP contribution < -0.4 is 10.5 Å². The first-order valence-electron chi connectivity index (χ1n) is 6.46. The van der Waals surface area contributed by atoms with Crippen LogP contribution in [0.15, 0.2) is 29.0 Å². The molecule has 0 radical (unpaired) electrons. The van der Waals surface area contributed by atoms with Gasteiger partial charge in [-0.25, -0.2) is 9.97 Å². The van der Waals surface area contributed by atoms with Gasteiger partial charge in [-0.05, 0) is 53.5 Å². The number of halogens is 1. The summed E-state index contributed by atoms with van der Waals surface area (Å²) in [5.41, 5.74) is 9.99. The van der Waals surface area contributed by atoms with Gasteiger partial charge in [-0.1, -0.05) is 0 Å². The lowest BCUT2D eigenvalue weighted by molar-refractivity contribution is 0.412. The number of benzene rings is 1. The standard InChI is InChI=1S/C15H15BrN4O/c1-8-9(2)20(15-13(8)14(17)18-7-19-15)10-4-5-12(21-3)11(16)6-10/h4-7H,1-3H3,(H2,17,18,19). The van der Waals surface area contributed by atoms with E-state index in [0.717, 1.165) is 38.2 Å². The van der Waals surface area contributed by atoms with E-state index in [1.54, 1.807) is 7.11 Å². The van der Waals surface area contributed by atoms with Gasteiger partial charge in [-0.3, -0.25) is 4.57 Å². The van der Waals surface area contributed by atoms with E-state index >= 15 is 0 Å². The molecule has 2 aromatic heterocycles. The summed E-state index contributed by atoms with van der Waals surface area (Å²) in [7, 11) is 1.65. The normalized spacial score (nSPS) is 11.0. The highest BCUT2D eigenvalue weighted by atomic mass is 79.9. The summed E-state index contributed by atoms with van der Waals surface area (Å²) in [6.07, 6.45) is 1.49. The van der Waals surface area contributed by atoms with Crippen molar-refractivity contribution in [2.45, 2.75) is 13.8 Å². The molecule has 0 saturated carbocycles. The van der Waals surface area contributed by atoms with E-state index in [-0.39, 0.29) is 0 Å². The predicted octanol–water partition coefficient (Wildman–Crippen LogP) is 3.39. The highest BCUT2D eigenvalue weighted by Crippen LogP contribution is 2.33. The molecule has 3 aromatic rings. The molecule has 0 fully saturated rings. The van der Waals surface area contributed by atoms with Crippen molar-refractivity contribution < 1.29 is 4.74 Å². The lowest BCUT2D eigenvalue weighted by Gasteiger charge is -2.10. The number of hydrogen-bond donors (Lipinski definition) is 1. The quantitative estimate of drug-likeness (QED) is 0.772. The highest BCUT2D eigenvalue weighted by Gasteiger charge is 2.16. The molecule has 0 aliphatic rings. The van der Waals surface area contributed by atoms with E-state index in [4.69, 9.17) is 10.5 Å². The summed E-state index contributed by atoms with van der Waals surface area (Å²) < 4.78 is 8.24. The van der Waals surface area contributed by atoms with Crippen molar-refractivity contribution in [2.24, 2.45) is 0 Å². The van der Waals surface area contributed by atoms with Gasteiger partial charge in [0.15, 0.2) is 5.65 Å². The smallest absolute Gasteiger partial charge is 0.150 e. The fourth-order valence-electron chi connectivity index (χ4n) is 2.54. The van der Waals surface area contributed by atoms with E-state index in [1.165, 1.54) is 6.33 Å². The fraction of sp³-hybridized carbons (Fsp3) is 0.200. The van der Waals surface area contributed by atoms with Gasteiger partial charge in [0.05, 0.1) is 17.0 Å². The maximum Gasteiger partial charge on any atom is 0.150 e. The number of hydrogen-bond acceptors (Lipinski definition) is 4. The van der Waals surface area contributed by atoms with Crippen molar-refractivity contribution in [1.82, 2.24) is 14.5 Å². The van der Waals surface area contributed by atoms with Crippen molar-refractivity contribution >= 4 is 32.8 Å². The number of rotatable bonds is 2. The number of aryl methyl sites for hydroxylation is 1. The summed E-state index contributed by atoms with van der Waals surface area (Å²) in [4.78, 5) is 8.48. The van der Waals surface area contributed by atoms with Gasteiger partial charge in [0.1, 0.15) is 17.9 Å². The molecule has 3 rings (SSSR count). The van der Waals surface area contributed by atoms with Crippen LogP contribution >= 0.6 is 15.9 Å². The summed E-state index contributed by atoms with van der Waals surface area (Å²) in [5.74, 6) is 1.30. The Bertz CT molecular complexity index is 841. The highest BCUT2D eigenvalue weighted by molar-refractivity contribution is 9.10. The molecular formula is C15H15BrN4O. The minimum Gasteiger partial charge on any atom is -0.496 e. The Morgan fingerprint density at radius 2 is 2.00 bits per heavy atom. The van der Waals surface area contributed by atoms with Gasteiger partial charge in [0, 0.05) is 11.4 Å². The number of nitrogens with two attached hydrogens (primary N) is 1. The Kier molecular flexibility index (Phi) is 3.33. The molecule has 0 aliphatic heterocycles. The number of nitrogen functional groups attached to an aromatic ring is 1. The Labute approximate surface area is 130 Å². The zero-order chi connectivity index (χ0) is 15.1. The maximum atomic E-state index is 6.00. The van der Waals surface area contributed by atoms with E-state index in [0.29, 0.717) is 5.82 Å². The zero-order valence-electron chi connectivity index (χ0n) is 12.0. The second-order valence-electron chi connectivity index (χ2n) is 4.82. The van der Waals surface area contributed by atoms with Gasteiger partial charge >= 0.3 is 0 Å². The average molecular weight is 347 g/mol. The van der Waals surface area contributed by atoms with Gasteiger partial charge in [-0.15, -0.1) is 0 Å². The van der Waals surface area contributed by atoms with Crippen LogP contribution in [0.1, 0.15) is 11.3 Å². The van der Waals surface area contributed by atoms with E-state index in [1.807, 2.05) is 25.1 Å². The van der Waals surface area contributed by atoms with E-state index in [2.05, 4.69) is 37.4 Å². The first-order valence-corrected chi connectivity index (χ1v) is 7.26. The van der Waals surface area contributed by atoms with E-state index in [9.17, 15) is 0 Å². The van der Waals surface area contributed by atoms with Crippen LogP contribution in [-0.4, -0.2) is 21.6 Å². The van der Waals surface area contributed by atoms with Crippen LogP contribution in [0.3, 0.4) is 0 Å². The molecule has 0 saturated heterocycles. The third-order valence-corrected chi connectivity index (χ3v) is 4.33. The van der Waals surface area contributed by atoms with Crippen molar-refractivity contribution in [3.8, 4) is 11.4 Å². The lowest BCUT2D eigenvalue weighted by Crippen LogP contribution is -1.99. The van der Waals surface area contributed by atoms with Crippen LogP contribution in [0, 0.1) is 13.8 Å². The Morgan fingerprint density at radius 3 is 2.67 bits per heavy atom. The van der Waals surface area contributed by atoms with Crippen LogP contribution in [0.5, 0.6) is 5.75 Å². The summed E-state index contributed by atoms with van der Waals surface area (Å²) in [5, 5.41) is 0.905. The van der Waals surface area contributed by atoms with Crippen LogP contribution in [0.2, 0.25) is 0 Å². The molecular weight excluding hydrogens is 332 g/mol. The topological polar surface area (TPSA) is 66.0 Å². The predicted molar refractivity (Wildman–Crippen MR) is 87.0 cm³/mol. The second kappa shape index (κ2) is 5.04. The van der Waals surface area contributed by atoms with Gasteiger partial charge < -0.3 is 10.5 Å². The van der Waals surface area contributed by atoms with Crippen LogP contribution in [0.25, 0.3) is 16.7 Å². The van der Waals surface area contributed by atoms with Gasteiger partial charge in [-0.2, -0.15) is 0 Å². The molecule has 1 aromatic carbocycles. The third-order valence-electron chi connectivity index (χ3n) is 3.72. The molecule has 0 atom stereocenters. The molecule has 6 heteroatoms. The van der Waals surface area contributed by atoms with E-state index < -0.39 is 0 Å². The Morgan fingerprint density at radius 1 is 1.24 bits per heavy atom. The molecule has 108 valence electrons. The van der Waals surface area contributed by atoms with Gasteiger partial charge in [0.2, 0.25) is 0 Å². The SMILES string of the molecule is COc1ccc(-n2c(C)c(C)c3c(N)ncnc32)cc1Br. The minimum atomic E-state index is 0.506. The summed E-state index contributed by atoms with van der Waals surface area (Å²) in [6, 6.07) is 5.92. The second-order valence-corrected chi connectivity index (χ2v) is 5.68. The molecule has 2 N–H and O–H groups in total. The average Bonchev–Trinajstić information content (AvgIpc) is 2.72. The molecule has 0 unspecified atom stereocenters. The van der Waals surface area contributed by atoms with Crippen molar-refractivity contribution in [1.29, 1.82) is 0 Å². The molecule has 5 nitrogen and oxygen atoms in total. The molecule has 0 aliphatic carbocycles. The van der Waals surface area contributed by atoms with Crippen LogP contribution in [0.4, 0.5) is 5.82 Å². The molecule has 0 amide bonds. The number of fused-ring (bicyclic) bond motifs is 1. The molecule has 0 bridgehead atoms. The van der Waals surface area contributed by atoms with Crippen molar-refractivity contribution in [3.05, 3.63) is 40.3 Å². The fourth-order valence-corrected chi connectivity index (χ4v) is 3.07. The number of anilines is 1. The lowest BCUT2D eigenvalue weighted by atomic mass is 10.2. The Balaban J connectivity index is 2.33. The number of ether oxygens (including phenoxy) is 1. The minimum absolute atomic E-state index is 0.506. The van der Waals surface area contributed by atoms with Crippen molar-refractivity contribution in [3.63, 3.8) is 0 Å². The summed E-state index contributed by atoms with van der Waals surface area (Å²) >= 11 is 3.52. The first kappa shape index (κ1) is 13.9. The largest absolute Gasteiger partial charge is 0.496 e. The van der Waals surface area contributed by atoms with Crippen LogP contribution in [-0.2, 0) is 0 Å². The first-order chi connectivity index (χ1) is 10.0.